The van der Waals surface area contributed by atoms with Crippen LogP contribution in [0.15, 0.2) is 59.1 Å². The van der Waals surface area contributed by atoms with E-state index in [1.165, 1.54) is 23.1 Å². The van der Waals surface area contributed by atoms with Crippen molar-refractivity contribution in [3.8, 4) is 17.0 Å². The maximum Gasteiger partial charge on any atom is 0.236 e. The first-order chi connectivity index (χ1) is 16.5. The molecule has 1 amide bonds. The molecule has 0 bridgehead atoms. The lowest BCUT2D eigenvalue weighted by Gasteiger charge is -2.09. The van der Waals surface area contributed by atoms with Crippen LogP contribution in [0.1, 0.15) is 17.8 Å². The Morgan fingerprint density at radius 3 is 2.82 bits per heavy atom. The molecule has 0 fully saturated rings. The Kier molecular flexibility index (Phi) is 8.21. The van der Waals surface area contributed by atoms with Gasteiger partial charge in [0.05, 0.1) is 18.1 Å². The van der Waals surface area contributed by atoms with Crippen LogP contribution >= 0.6 is 34.7 Å². The second-order valence-electron chi connectivity index (χ2n) is 7.56. The number of benzene rings is 2. The van der Waals surface area contributed by atoms with Crippen LogP contribution < -0.4 is 10.1 Å². The van der Waals surface area contributed by atoms with Crippen LogP contribution in [-0.4, -0.2) is 38.0 Å². The highest BCUT2D eigenvalue weighted by atomic mass is 35.5. The van der Waals surface area contributed by atoms with Crippen LogP contribution in [0.4, 0.5) is 5.13 Å². The smallest absolute Gasteiger partial charge is 0.236 e. The lowest BCUT2D eigenvalue weighted by molar-refractivity contribution is -0.113. The summed E-state index contributed by atoms with van der Waals surface area (Å²) in [5, 5.41) is 15.3. The topological polar surface area (TPSA) is 81.9 Å². The van der Waals surface area contributed by atoms with Crippen LogP contribution in [-0.2, 0) is 18.3 Å². The third kappa shape index (κ3) is 6.37. The summed E-state index contributed by atoms with van der Waals surface area (Å²) < 4.78 is 7.77. The minimum Gasteiger partial charge on any atom is -0.493 e. The molecule has 0 saturated carbocycles. The van der Waals surface area contributed by atoms with E-state index in [2.05, 4.69) is 20.5 Å². The molecule has 0 radical (unpaired) electrons. The van der Waals surface area contributed by atoms with Crippen LogP contribution in [0.5, 0.6) is 5.75 Å². The molecular weight excluding hydrogens is 490 g/mol. The number of anilines is 1. The number of nitrogens with zero attached hydrogens (tertiary/aromatic N) is 4. The maximum absolute atomic E-state index is 12.4. The van der Waals surface area contributed by atoms with Crippen molar-refractivity contribution in [2.45, 2.75) is 24.9 Å². The second kappa shape index (κ2) is 11.5. The number of carbonyl (C=O) groups is 1. The van der Waals surface area contributed by atoms with Gasteiger partial charge in [0.1, 0.15) is 11.6 Å². The van der Waals surface area contributed by atoms with Gasteiger partial charge in [0.15, 0.2) is 10.3 Å². The summed E-state index contributed by atoms with van der Waals surface area (Å²) in [6, 6.07) is 15.5. The predicted octanol–water partition coefficient (Wildman–Crippen LogP) is 5.64. The van der Waals surface area contributed by atoms with E-state index < -0.39 is 0 Å². The zero-order chi connectivity index (χ0) is 23.9. The van der Waals surface area contributed by atoms with E-state index in [9.17, 15) is 4.79 Å². The summed E-state index contributed by atoms with van der Waals surface area (Å²) in [6.45, 7) is 2.54. The van der Waals surface area contributed by atoms with Crippen molar-refractivity contribution in [2.24, 2.45) is 7.05 Å². The first-order valence-electron chi connectivity index (χ1n) is 10.7. The average molecular weight is 514 g/mol. The number of rotatable bonds is 10. The summed E-state index contributed by atoms with van der Waals surface area (Å²) in [4.78, 5) is 16.9. The molecule has 176 valence electrons. The van der Waals surface area contributed by atoms with Gasteiger partial charge in [0, 0.05) is 29.4 Å². The number of halogens is 1. The lowest BCUT2D eigenvalue weighted by atomic mass is 10.2. The fourth-order valence-electron chi connectivity index (χ4n) is 3.23. The summed E-state index contributed by atoms with van der Waals surface area (Å²) in [5.41, 5.74) is 2.88. The highest BCUT2D eigenvalue weighted by Crippen LogP contribution is 2.25. The van der Waals surface area contributed by atoms with Crippen LogP contribution in [0.3, 0.4) is 0 Å². The molecular formula is C24H24ClN5O2S2. The number of thiazole rings is 1. The molecule has 0 aliphatic heterocycles. The van der Waals surface area contributed by atoms with E-state index >= 15 is 0 Å². The quantitative estimate of drug-likeness (QED) is 0.218. The summed E-state index contributed by atoms with van der Waals surface area (Å²) >= 11 is 8.74. The molecule has 34 heavy (non-hydrogen) atoms. The number of aromatic nitrogens is 4. The minimum atomic E-state index is -0.129. The minimum absolute atomic E-state index is 0.129. The maximum atomic E-state index is 12.4. The van der Waals surface area contributed by atoms with Gasteiger partial charge in [0.2, 0.25) is 5.91 Å². The van der Waals surface area contributed by atoms with Gasteiger partial charge in [-0.2, -0.15) is 0 Å². The van der Waals surface area contributed by atoms with Crippen molar-refractivity contribution in [1.29, 1.82) is 0 Å². The largest absolute Gasteiger partial charge is 0.493 e. The van der Waals surface area contributed by atoms with E-state index in [1.54, 1.807) is 0 Å². The van der Waals surface area contributed by atoms with E-state index in [1.807, 2.05) is 72.4 Å². The molecule has 1 N–H and O–H groups in total. The standard InChI is InChI=1S/C24H24ClN5O2S2/c1-16-13-18(25)10-11-20(16)32-12-6-9-21-28-29-24(30(21)2)34-15-22(31)27-23-26-19(14-33-23)17-7-4-3-5-8-17/h3-5,7-8,10-11,13-14H,6,9,12,15H2,1-2H3,(H,26,27,31). The van der Waals surface area contributed by atoms with Crippen LogP contribution in [0.25, 0.3) is 11.3 Å². The molecule has 0 aliphatic rings. The van der Waals surface area contributed by atoms with Gasteiger partial charge in [-0.3, -0.25) is 4.79 Å². The van der Waals surface area contributed by atoms with Gasteiger partial charge in [-0.05, 0) is 37.1 Å². The van der Waals surface area contributed by atoms with Gasteiger partial charge in [-0.25, -0.2) is 4.98 Å². The molecule has 4 rings (SSSR count). The molecule has 7 nitrogen and oxygen atoms in total. The van der Waals surface area contributed by atoms with Crippen molar-refractivity contribution in [3.63, 3.8) is 0 Å². The fourth-order valence-corrected chi connectivity index (χ4v) is 4.93. The molecule has 2 heterocycles. The van der Waals surface area contributed by atoms with Gasteiger partial charge in [0.25, 0.3) is 0 Å². The van der Waals surface area contributed by atoms with Crippen molar-refractivity contribution in [3.05, 3.63) is 70.3 Å². The third-order valence-corrected chi connectivity index (χ3v) is 7.03. The summed E-state index contributed by atoms with van der Waals surface area (Å²) in [6.07, 6.45) is 1.53. The fraction of sp³-hybridized carbons (Fsp3) is 0.250. The molecule has 0 atom stereocenters. The summed E-state index contributed by atoms with van der Waals surface area (Å²) in [7, 11) is 1.91. The number of hydrogen-bond donors (Lipinski definition) is 1. The second-order valence-corrected chi connectivity index (χ2v) is 9.80. The van der Waals surface area contributed by atoms with E-state index in [0.717, 1.165) is 41.2 Å². The highest BCUT2D eigenvalue weighted by molar-refractivity contribution is 7.99. The molecule has 0 unspecified atom stereocenters. The number of nitrogens with one attached hydrogen (secondary N) is 1. The Labute approximate surface area is 211 Å². The number of aryl methyl sites for hydroxylation is 2. The van der Waals surface area contributed by atoms with Crippen molar-refractivity contribution in [1.82, 2.24) is 19.7 Å². The first kappa shape index (κ1) is 24.3. The van der Waals surface area contributed by atoms with E-state index in [4.69, 9.17) is 16.3 Å². The third-order valence-electron chi connectivity index (χ3n) is 5.02. The van der Waals surface area contributed by atoms with Crippen LogP contribution in [0.2, 0.25) is 5.02 Å². The van der Waals surface area contributed by atoms with Crippen molar-refractivity contribution >= 4 is 45.7 Å². The van der Waals surface area contributed by atoms with Gasteiger partial charge >= 0.3 is 0 Å². The number of thioether (sulfide) groups is 1. The molecule has 0 aliphatic carbocycles. The predicted molar refractivity (Wildman–Crippen MR) is 138 cm³/mol. The van der Waals surface area contributed by atoms with E-state index in [0.29, 0.717) is 21.9 Å². The van der Waals surface area contributed by atoms with Gasteiger partial charge < -0.3 is 14.6 Å². The van der Waals surface area contributed by atoms with Crippen molar-refractivity contribution in [2.75, 3.05) is 17.7 Å². The normalized spacial score (nSPS) is 10.9. The zero-order valence-electron chi connectivity index (χ0n) is 18.8. The number of carbonyl (C=O) groups excluding carboxylic acids is 1. The molecule has 0 spiro atoms. The molecule has 2 aromatic carbocycles. The Morgan fingerprint density at radius 2 is 2.03 bits per heavy atom. The molecule has 2 aromatic heterocycles. The highest BCUT2D eigenvalue weighted by Gasteiger charge is 2.13. The van der Waals surface area contributed by atoms with E-state index in [-0.39, 0.29) is 11.7 Å². The van der Waals surface area contributed by atoms with Crippen molar-refractivity contribution < 1.29 is 9.53 Å². The number of hydrogen-bond acceptors (Lipinski definition) is 7. The Balaban J connectivity index is 1.22. The number of amides is 1. The Morgan fingerprint density at radius 1 is 1.21 bits per heavy atom. The first-order valence-corrected chi connectivity index (χ1v) is 12.9. The average Bonchev–Trinajstić information content (AvgIpc) is 3.44. The molecule has 0 saturated heterocycles. The summed E-state index contributed by atoms with van der Waals surface area (Å²) in [5.74, 6) is 1.79. The van der Waals surface area contributed by atoms with Gasteiger partial charge in [-0.15, -0.1) is 21.5 Å². The number of ether oxygens (including phenoxy) is 1. The zero-order valence-corrected chi connectivity index (χ0v) is 21.2. The SMILES string of the molecule is Cc1cc(Cl)ccc1OCCCc1nnc(SCC(=O)Nc2nc(-c3ccccc3)cs2)n1C. The Hall–Kier alpha value is -2.88. The van der Waals surface area contributed by atoms with Gasteiger partial charge in [-0.1, -0.05) is 53.7 Å². The molecule has 10 heteroatoms. The lowest BCUT2D eigenvalue weighted by Crippen LogP contribution is -2.14. The monoisotopic (exact) mass is 513 g/mol. The van der Waals surface area contributed by atoms with Crippen LogP contribution in [0, 0.1) is 6.92 Å². The Bertz CT molecular complexity index is 1260. The molecule has 4 aromatic rings.